The Kier molecular flexibility index (Phi) is 3.11. The van der Waals surface area contributed by atoms with E-state index in [4.69, 9.17) is 0 Å². The lowest BCUT2D eigenvalue weighted by atomic mass is 10.00. The van der Waals surface area contributed by atoms with Crippen molar-refractivity contribution < 1.29 is 0 Å². The molecule has 1 aliphatic rings. The van der Waals surface area contributed by atoms with Crippen LogP contribution in [0.25, 0.3) is 0 Å². The van der Waals surface area contributed by atoms with Gasteiger partial charge in [-0.25, -0.2) is 0 Å². The number of aryl methyl sites for hydroxylation is 1. The molecule has 0 bridgehead atoms. The van der Waals surface area contributed by atoms with E-state index >= 15 is 0 Å². The molecular formula is C14H21N. The van der Waals surface area contributed by atoms with E-state index in [-0.39, 0.29) is 0 Å². The van der Waals surface area contributed by atoms with Crippen LogP contribution in [0.2, 0.25) is 0 Å². The molecule has 0 radical (unpaired) electrons. The van der Waals surface area contributed by atoms with Crippen molar-refractivity contribution in [1.82, 2.24) is 5.32 Å². The van der Waals surface area contributed by atoms with Crippen molar-refractivity contribution in [3.8, 4) is 0 Å². The van der Waals surface area contributed by atoms with E-state index in [9.17, 15) is 0 Å². The average molecular weight is 203 g/mol. The smallest absolute Gasteiger partial charge is 0.0351 e. The van der Waals surface area contributed by atoms with E-state index in [0.717, 1.165) is 18.4 Å². The van der Waals surface area contributed by atoms with Crippen LogP contribution in [0.5, 0.6) is 0 Å². The van der Waals surface area contributed by atoms with Crippen LogP contribution in [-0.2, 0) is 0 Å². The van der Waals surface area contributed by atoms with Gasteiger partial charge < -0.3 is 5.32 Å². The molecule has 3 atom stereocenters. The maximum absolute atomic E-state index is 3.61. The Morgan fingerprint density at radius 3 is 2.40 bits per heavy atom. The molecule has 1 saturated carbocycles. The monoisotopic (exact) mass is 203 g/mol. The second kappa shape index (κ2) is 4.36. The molecule has 0 heterocycles. The quantitative estimate of drug-likeness (QED) is 0.791. The van der Waals surface area contributed by atoms with Crippen LogP contribution in [-0.4, -0.2) is 6.54 Å². The van der Waals surface area contributed by atoms with Crippen LogP contribution >= 0.6 is 0 Å². The van der Waals surface area contributed by atoms with Crippen molar-refractivity contribution in [3.63, 3.8) is 0 Å². The summed E-state index contributed by atoms with van der Waals surface area (Å²) in [7, 11) is 0. The normalized spacial score (nSPS) is 26.3. The summed E-state index contributed by atoms with van der Waals surface area (Å²) < 4.78 is 0. The van der Waals surface area contributed by atoms with Crippen molar-refractivity contribution in [2.75, 3.05) is 6.54 Å². The highest BCUT2D eigenvalue weighted by atomic mass is 14.9. The maximum atomic E-state index is 3.61. The molecule has 2 rings (SSSR count). The second-order valence-corrected chi connectivity index (χ2v) is 4.82. The molecule has 0 aliphatic heterocycles. The number of hydrogen-bond donors (Lipinski definition) is 1. The summed E-state index contributed by atoms with van der Waals surface area (Å²) >= 11 is 0. The lowest BCUT2D eigenvalue weighted by Gasteiger charge is -2.18. The molecule has 1 N–H and O–H groups in total. The first kappa shape index (κ1) is 10.7. The third-order valence-electron chi connectivity index (χ3n) is 3.46. The summed E-state index contributed by atoms with van der Waals surface area (Å²) in [6.45, 7) is 7.74. The lowest BCUT2D eigenvalue weighted by Crippen LogP contribution is -2.23. The third-order valence-corrected chi connectivity index (χ3v) is 3.46. The predicted octanol–water partition coefficient (Wildman–Crippen LogP) is 3.30. The molecule has 0 amide bonds. The van der Waals surface area contributed by atoms with Crippen LogP contribution < -0.4 is 5.32 Å². The van der Waals surface area contributed by atoms with Crippen LogP contribution in [0.1, 0.15) is 37.4 Å². The molecule has 3 unspecified atom stereocenters. The predicted molar refractivity (Wildman–Crippen MR) is 64.9 cm³/mol. The SMILES string of the molecule is CCNC(c1ccc(C)cc1)C1CC1C. The Morgan fingerprint density at radius 2 is 1.93 bits per heavy atom. The van der Waals surface area contributed by atoms with E-state index in [0.29, 0.717) is 6.04 Å². The zero-order valence-corrected chi connectivity index (χ0v) is 9.96. The van der Waals surface area contributed by atoms with Gasteiger partial charge in [-0.05, 0) is 37.3 Å². The van der Waals surface area contributed by atoms with Gasteiger partial charge in [0.1, 0.15) is 0 Å². The first-order valence-electron chi connectivity index (χ1n) is 6.02. The van der Waals surface area contributed by atoms with Crippen molar-refractivity contribution in [2.24, 2.45) is 11.8 Å². The molecule has 1 fully saturated rings. The first-order valence-corrected chi connectivity index (χ1v) is 6.02. The van der Waals surface area contributed by atoms with Gasteiger partial charge in [0.2, 0.25) is 0 Å². The van der Waals surface area contributed by atoms with Crippen LogP contribution in [0, 0.1) is 18.8 Å². The molecule has 1 aromatic carbocycles. The Morgan fingerprint density at radius 1 is 1.33 bits per heavy atom. The van der Waals surface area contributed by atoms with E-state index in [1.54, 1.807) is 0 Å². The molecule has 0 spiro atoms. The molecule has 1 aliphatic carbocycles. The zero-order chi connectivity index (χ0) is 10.8. The summed E-state index contributed by atoms with van der Waals surface area (Å²) in [5, 5.41) is 3.61. The number of nitrogens with one attached hydrogen (secondary N) is 1. The van der Waals surface area contributed by atoms with Crippen molar-refractivity contribution in [1.29, 1.82) is 0 Å². The second-order valence-electron chi connectivity index (χ2n) is 4.82. The van der Waals surface area contributed by atoms with Crippen LogP contribution in [0.3, 0.4) is 0 Å². The summed E-state index contributed by atoms with van der Waals surface area (Å²) in [5.74, 6) is 1.75. The van der Waals surface area contributed by atoms with Gasteiger partial charge in [-0.3, -0.25) is 0 Å². The van der Waals surface area contributed by atoms with Gasteiger partial charge >= 0.3 is 0 Å². The van der Waals surface area contributed by atoms with Gasteiger partial charge in [-0.15, -0.1) is 0 Å². The van der Waals surface area contributed by atoms with E-state index in [1.165, 1.54) is 17.5 Å². The largest absolute Gasteiger partial charge is 0.310 e. The Bertz CT molecular complexity index is 315. The van der Waals surface area contributed by atoms with Gasteiger partial charge in [-0.2, -0.15) is 0 Å². The fourth-order valence-electron chi connectivity index (χ4n) is 2.33. The minimum Gasteiger partial charge on any atom is -0.310 e. The highest BCUT2D eigenvalue weighted by Gasteiger charge is 2.39. The minimum atomic E-state index is 0.575. The third kappa shape index (κ3) is 2.40. The van der Waals surface area contributed by atoms with Gasteiger partial charge in [0.05, 0.1) is 0 Å². The summed E-state index contributed by atoms with van der Waals surface area (Å²) in [6, 6.07) is 9.55. The fraction of sp³-hybridized carbons (Fsp3) is 0.571. The molecule has 1 aromatic rings. The number of hydrogen-bond acceptors (Lipinski definition) is 1. The Labute approximate surface area is 92.9 Å². The molecule has 1 heteroatoms. The summed E-state index contributed by atoms with van der Waals surface area (Å²) in [4.78, 5) is 0. The van der Waals surface area contributed by atoms with Crippen molar-refractivity contribution in [3.05, 3.63) is 35.4 Å². The number of benzene rings is 1. The van der Waals surface area contributed by atoms with Crippen molar-refractivity contribution >= 4 is 0 Å². The highest BCUT2D eigenvalue weighted by molar-refractivity contribution is 5.25. The van der Waals surface area contributed by atoms with Crippen LogP contribution in [0.4, 0.5) is 0 Å². The molecule has 0 aromatic heterocycles. The zero-order valence-electron chi connectivity index (χ0n) is 9.96. The molecule has 82 valence electrons. The van der Waals surface area contributed by atoms with Gasteiger partial charge in [0, 0.05) is 6.04 Å². The number of rotatable bonds is 4. The Balaban J connectivity index is 2.13. The van der Waals surface area contributed by atoms with Gasteiger partial charge in [-0.1, -0.05) is 43.7 Å². The molecule has 0 saturated heterocycles. The van der Waals surface area contributed by atoms with E-state index in [1.807, 2.05) is 0 Å². The first-order chi connectivity index (χ1) is 7.22. The average Bonchev–Trinajstić information content (AvgIpc) is 2.93. The standard InChI is InChI=1S/C14H21N/c1-4-15-14(13-9-11(13)3)12-7-5-10(2)6-8-12/h5-8,11,13-15H,4,9H2,1-3H3. The minimum absolute atomic E-state index is 0.575. The van der Waals surface area contributed by atoms with Gasteiger partial charge in [0.25, 0.3) is 0 Å². The van der Waals surface area contributed by atoms with Gasteiger partial charge in [0.15, 0.2) is 0 Å². The molecule has 1 nitrogen and oxygen atoms in total. The topological polar surface area (TPSA) is 12.0 Å². The lowest BCUT2D eigenvalue weighted by molar-refractivity contribution is 0.475. The fourth-order valence-corrected chi connectivity index (χ4v) is 2.33. The molecular weight excluding hydrogens is 182 g/mol. The van der Waals surface area contributed by atoms with E-state index in [2.05, 4.69) is 50.4 Å². The summed E-state index contributed by atoms with van der Waals surface area (Å²) in [5.41, 5.74) is 2.80. The summed E-state index contributed by atoms with van der Waals surface area (Å²) in [6.07, 6.45) is 1.38. The maximum Gasteiger partial charge on any atom is 0.0351 e. The Hall–Kier alpha value is -0.820. The van der Waals surface area contributed by atoms with Crippen LogP contribution in [0.15, 0.2) is 24.3 Å². The van der Waals surface area contributed by atoms with Crippen molar-refractivity contribution in [2.45, 2.75) is 33.2 Å². The molecule has 15 heavy (non-hydrogen) atoms. The highest BCUT2D eigenvalue weighted by Crippen LogP contribution is 2.46. The van der Waals surface area contributed by atoms with E-state index < -0.39 is 0 Å².